The molecule has 2 amide bonds. The quantitative estimate of drug-likeness (QED) is 0.872. The van der Waals surface area contributed by atoms with Crippen LogP contribution in [0.1, 0.15) is 55.6 Å². The Morgan fingerprint density at radius 2 is 1.68 bits per heavy atom. The molecule has 2 heterocycles. The molecule has 0 aromatic heterocycles. The molecule has 4 heteroatoms. The lowest BCUT2D eigenvalue weighted by atomic mass is 9.86. The highest BCUT2D eigenvalue weighted by atomic mass is 16.2. The fourth-order valence-corrected chi connectivity index (χ4v) is 3.59. The molecule has 0 aliphatic carbocycles. The molecule has 1 aromatic carbocycles. The summed E-state index contributed by atoms with van der Waals surface area (Å²) in [7, 11) is 0. The van der Waals surface area contributed by atoms with Crippen molar-refractivity contribution in [3.63, 3.8) is 0 Å². The van der Waals surface area contributed by atoms with Gasteiger partial charge in [0.05, 0.1) is 5.92 Å². The number of likely N-dealkylation sites (tertiary alicyclic amines) is 1. The lowest BCUT2D eigenvalue weighted by molar-refractivity contribution is -0.134. The van der Waals surface area contributed by atoms with Gasteiger partial charge in [0.15, 0.2) is 0 Å². The molecule has 22 heavy (non-hydrogen) atoms. The number of carbonyl (C=O) groups is 2. The highest BCUT2D eigenvalue weighted by molar-refractivity contribution is 6.00. The van der Waals surface area contributed by atoms with E-state index >= 15 is 0 Å². The van der Waals surface area contributed by atoms with E-state index in [-0.39, 0.29) is 17.7 Å². The molecule has 0 spiro atoms. The van der Waals surface area contributed by atoms with E-state index in [9.17, 15) is 9.59 Å². The molecule has 0 radical (unpaired) electrons. The van der Waals surface area contributed by atoms with Crippen molar-refractivity contribution in [3.8, 4) is 0 Å². The fraction of sp³-hybridized carbons (Fsp3) is 0.556. The second kappa shape index (κ2) is 6.61. The fourth-order valence-electron chi connectivity index (χ4n) is 3.59. The Balaban J connectivity index is 1.65. The molecular weight excluding hydrogens is 276 g/mol. The molecule has 118 valence electrons. The SMILES string of the molecule is CCN1CCC(c2ccc(C3CCC(=O)NC3=O)cc2)CC1. The third-order valence-corrected chi connectivity index (χ3v) is 5.08. The van der Waals surface area contributed by atoms with E-state index in [1.165, 1.54) is 31.5 Å². The van der Waals surface area contributed by atoms with Gasteiger partial charge in [0.25, 0.3) is 0 Å². The molecule has 1 aromatic rings. The maximum Gasteiger partial charge on any atom is 0.234 e. The van der Waals surface area contributed by atoms with Crippen molar-refractivity contribution in [3.05, 3.63) is 35.4 Å². The summed E-state index contributed by atoms with van der Waals surface area (Å²) in [6.07, 6.45) is 3.49. The summed E-state index contributed by atoms with van der Waals surface area (Å²) in [5.41, 5.74) is 2.41. The highest BCUT2D eigenvalue weighted by Crippen LogP contribution is 2.30. The first kappa shape index (κ1) is 15.2. The van der Waals surface area contributed by atoms with E-state index in [4.69, 9.17) is 0 Å². The number of hydrogen-bond acceptors (Lipinski definition) is 3. The molecule has 0 saturated carbocycles. The number of benzene rings is 1. The van der Waals surface area contributed by atoms with Gasteiger partial charge >= 0.3 is 0 Å². The van der Waals surface area contributed by atoms with Crippen LogP contribution in [-0.2, 0) is 9.59 Å². The van der Waals surface area contributed by atoms with Crippen LogP contribution >= 0.6 is 0 Å². The van der Waals surface area contributed by atoms with Crippen molar-refractivity contribution in [2.75, 3.05) is 19.6 Å². The maximum atomic E-state index is 11.9. The highest BCUT2D eigenvalue weighted by Gasteiger charge is 2.28. The predicted molar refractivity (Wildman–Crippen MR) is 85.7 cm³/mol. The van der Waals surface area contributed by atoms with Crippen LogP contribution in [0.5, 0.6) is 0 Å². The van der Waals surface area contributed by atoms with Crippen LogP contribution in [0.4, 0.5) is 0 Å². The second-order valence-corrected chi connectivity index (χ2v) is 6.38. The number of amides is 2. The first-order valence-corrected chi connectivity index (χ1v) is 8.33. The van der Waals surface area contributed by atoms with E-state index in [0.717, 1.165) is 12.1 Å². The number of imide groups is 1. The van der Waals surface area contributed by atoms with Gasteiger partial charge < -0.3 is 4.90 Å². The third kappa shape index (κ3) is 3.22. The molecule has 0 bridgehead atoms. The summed E-state index contributed by atoms with van der Waals surface area (Å²) in [6, 6.07) is 8.49. The van der Waals surface area contributed by atoms with Crippen molar-refractivity contribution in [2.45, 2.75) is 44.4 Å². The zero-order valence-corrected chi connectivity index (χ0v) is 13.2. The molecule has 1 unspecified atom stereocenters. The van der Waals surface area contributed by atoms with Crippen LogP contribution in [-0.4, -0.2) is 36.3 Å². The third-order valence-electron chi connectivity index (χ3n) is 5.08. The molecule has 2 aliphatic rings. The van der Waals surface area contributed by atoms with Gasteiger partial charge in [-0.05, 0) is 55.9 Å². The molecule has 4 nitrogen and oxygen atoms in total. The zero-order valence-electron chi connectivity index (χ0n) is 13.2. The van der Waals surface area contributed by atoms with Crippen LogP contribution in [0.2, 0.25) is 0 Å². The summed E-state index contributed by atoms with van der Waals surface area (Å²) in [5.74, 6) is 0.160. The minimum Gasteiger partial charge on any atom is -0.304 e. The van der Waals surface area contributed by atoms with Crippen molar-refractivity contribution >= 4 is 11.8 Å². The maximum absolute atomic E-state index is 11.9. The summed E-state index contributed by atoms with van der Waals surface area (Å²) in [6.45, 7) is 5.71. The molecule has 3 rings (SSSR count). The first-order chi connectivity index (χ1) is 10.7. The van der Waals surface area contributed by atoms with Crippen molar-refractivity contribution < 1.29 is 9.59 Å². The predicted octanol–water partition coefficient (Wildman–Crippen LogP) is 2.41. The van der Waals surface area contributed by atoms with E-state index in [2.05, 4.69) is 41.4 Å². The molecule has 2 fully saturated rings. The summed E-state index contributed by atoms with van der Waals surface area (Å²) in [5, 5.41) is 2.43. The Hall–Kier alpha value is -1.68. The molecule has 2 saturated heterocycles. The number of hydrogen-bond donors (Lipinski definition) is 1. The van der Waals surface area contributed by atoms with Crippen LogP contribution in [0.25, 0.3) is 0 Å². The average molecular weight is 300 g/mol. The number of nitrogens with one attached hydrogen (secondary N) is 1. The van der Waals surface area contributed by atoms with E-state index in [1.54, 1.807) is 0 Å². The summed E-state index contributed by atoms with van der Waals surface area (Å²) < 4.78 is 0. The van der Waals surface area contributed by atoms with Gasteiger partial charge in [-0.1, -0.05) is 31.2 Å². The largest absolute Gasteiger partial charge is 0.304 e. The van der Waals surface area contributed by atoms with Crippen LogP contribution < -0.4 is 5.32 Å². The molecule has 1 atom stereocenters. The number of rotatable bonds is 3. The Labute approximate surface area is 131 Å². The number of nitrogens with zero attached hydrogens (tertiary/aromatic N) is 1. The Kier molecular flexibility index (Phi) is 4.57. The molecule has 1 N–H and O–H groups in total. The first-order valence-electron chi connectivity index (χ1n) is 8.33. The Morgan fingerprint density at radius 3 is 2.27 bits per heavy atom. The van der Waals surface area contributed by atoms with Gasteiger partial charge in [0.1, 0.15) is 0 Å². The normalized spacial score (nSPS) is 24.3. The summed E-state index contributed by atoms with van der Waals surface area (Å²) >= 11 is 0. The smallest absolute Gasteiger partial charge is 0.234 e. The monoisotopic (exact) mass is 300 g/mol. The number of piperidine rings is 2. The van der Waals surface area contributed by atoms with Gasteiger partial charge in [-0.2, -0.15) is 0 Å². The lowest BCUT2D eigenvalue weighted by Crippen LogP contribution is -2.39. The van der Waals surface area contributed by atoms with Crippen molar-refractivity contribution in [2.24, 2.45) is 0 Å². The molecular formula is C18H24N2O2. The zero-order chi connectivity index (χ0) is 15.5. The summed E-state index contributed by atoms with van der Waals surface area (Å²) in [4.78, 5) is 25.6. The van der Waals surface area contributed by atoms with E-state index < -0.39 is 0 Å². The van der Waals surface area contributed by atoms with Crippen LogP contribution in [0.3, 0.4) is 0 Å². The van der Waals surface area contributed by atoms with E-state index in [0.29, 0.717) is 18.8 Å². The van der Waals surface area contributed by atoms with E-state index in [1.807, 2.05) is 0 Å². The van der Waals surface area contributed by atoms with Crippen molar-refractivity contribution in [1.29, 1.82) is 0 Å². The van der Waals surface area contributed by atoms with Crippen LogP contribution in [0.15, 0.2) is 24.3 Å². The second-order valence-electron chi connectivity index (χ2n) is 6.38. The standard InChI is InChI=1S/C18H24N2O2/c1-2-20-11-9-14(10-12-20)13-3-5-15(6-4-13)16-7-8-17(21)19-18(16)22/h3-6,14,16H,2,7-12H2,1H3,(H,19,21,22). The Morgan fingerprint density at radius 1 is 1.05 bits per heavy atom. The van der Waals surface area contributed by atoms with Gasteiger partial charge in [0.2, 0.25) is 11.8 Å². The van der Waals surface area contributed by atoms with Gasteiger partial charge in [-0.25, -0.2) is 0 Å². The van der Waals surface area contributed by atoms with Gasteiger partial charge in [0, 0.05) is 6.42 Å². The van der Waals surface area contributed by atoms with Gasteiger partial charge in [-0.3, -0.25) is 14.9 Å². The topological polar surface area (TPSA) is 49.4 Å². The minimum atomic E-state index is -0.173. The number of carbonyl (C=O) groups excluding carboxylic acids is 2. The van der Waals surface area contributed by atoms with Gasteiger partial charge in [-0.15, -0.1) is 0 Å². The molecule has 2 aliphatic heterocycles. The van der Waals surface area contributed by atoms with Crippen LogP contribution in [0, 0.1) is 0 Å². The lowest BCUT2D eigenvalue weighted by Gasteiger charge is -2.31. The van der Waals surface area contributed by atoms with Crippen molar-refractivity contribution in [1.82, 2.24) is 10.2 Å². The average Bonchev–Trinajstić information content (AvgIpc) is 2.55. The Bertz CT molecular complexity index is 545. The minimum absolute atomic E-state index is 0.152.